The van der Waals surface area contributed by atoms with Gasteiger partial charge in [0.25, 0.3) is 0 Å². The molecule has 1 N–H and O–H groups in total. The van der Waals surface area contributed by atoms with Crippen molar-refractivity contribution in [3.05, 3.63) is 11.7 Å². The highest BCUT2D eigenvalue weighted by Crippen LogP contribution is 2.19. The Morgan fingerprint density at radius 2 is 2.21 bits per heavy atom. The number of nitrogens with one attached hydrogen (secondary N) is 1. The van der Waals surface area contributed by atoms with Crippen molar-refractivity contribution in [1.82, 2.24) is 15.5 Å². The molecule has 1 aromatic heterocycles. The Hall–Kier alpha value is -0.550. The molecule has 1 rings (SSSR count). The highest BCUT2D eigenvalue weighted by Gasteiger charge is 2.15. The molecule has 0 aliphatic rings. The van der Waals surface area contributed by atoms with Crippen molar-refractivity contribution >= 4 is 11.8 Å². The quantitative estimate of drug-likeness (QED) is 0.808. The van der Waals surface area contributed by atoms with Crippen molar-refractivity contribution in [2.45, 2.75) is 32.1 Å². The molecule has 0 amide bonds. The van der Waals surface area contributed by atoms with E-state index in [0.717, 1.165) is 12.4 Å². The van der Waals surface area contributed by atoms with Crippen molar-refractivity contribution in [2.24, 2.45) is 0 Å². The third-order valence-corrected chi connectivity index (χ3v) is 3.21. The minimum atomic E-state index is 0.249. The lowest BCUT2D eigenvalue weighted by Crippen LogP contribution is -2.31. The normalized spacial score (nSPS) is 12.0. The molecule has 0 atom stereocenters. The van der Waals surface area contributed by atoms with E-state index in [1.165, 1.54) is 0 Å². The summed E-state index contributed by atoms with van der Waals surface area (Å²) in [4.78, 5) is 4.11. The van der Waals surface area contributed by atoms with Gasteiger partial charge < -0.3 is 9.84 Å². The van der Waals surface area contributed by atoms with Crippen molar-refractivity contribution in [2.75, 3.05) is 12.8 Å². The summed E-state index contributed by atoms with van der Waals surface area (Å²) in [5, 5.41) is 7.11. The van der Waals surface area contributed by atoms with Gasteiger partial charge in [-0.25, -0.2) is 0 Å². The molecule has 1 heterocycles. The van der Waals surface area contributed by atoms with Crippen molar-refractivity contribution < 1.29 is 4.52 Å². The van der Waals surface area contributed by atoms with E-state index in [4.69, 9.17) is 4.52 Å². The third kappa shape index (κ3) is 3.67. The van der Waals surface area contributed by atoms with Crippen molar-refractivity contribution in [3.63, 3.8) is 0 Å². The lowest BCUT2D eigenvalue weighted by atomic mass is 10.2. The van der Waals surface area contributed by atoms with Crippen LogP contribution in [0.15, 0.2) is 4.52 Å². The van der Waals surface area contributed by atoms with Crippen LogP contribution in [-0.4, -0.2) is 27.7 Å². The monoisotopic (exact) mass is 215 g/mol. The van der Waals surface area contributed by atoms with Gasteiger partial charge in [0.05, 0.1) is 6.54 Å². The zero-order chi connectivity index (χ0) is 10.6. The predicted octanol–water partition coefficient (Wildman–Crippen LogP) is 1.61. The standard InChI is InChI=1S/C9H17N3OS/c1-7-11-8(12-13-7)5-10-6-9(2,3)14-4/h10H,5-6H2,1-4H3. The van der Waals surface area contributed by atoms with Gasteiger partial charge in [-0.15, -0.1) is 0 Å². The number of aromatic nitrogens is 2. The Balaban J connectivity index is 2.28. The van der Waals surface area contributed by atoms with Crippen LogP contribution in [0.5, 0.6) is 0 Å². The molecule has 0 spiro atoms. The Kier molecular flexibility index (Phi) is 3.95. The molecule has 0 saturated heterocycles. The summed E-state index contributed by atoms with van der Waals surface area (Å²) in [6.45, 7) is 7.80. The maximum absolute atomic E-state index is 4.87. The maximum Gasteiger partial charge on any atom is 0.223 e. The number of hydrogen-bond acceptors (Lipinski definition) is 5. The van der Waals surface area contributed by atoms with Crippen LogP contribution in [0.25, 0.3) is 0 Å². The van der Waals surface area contributed by atoms with Crippen LogP contribution in [0.3, 0.4) is 0 Å². The highest BCUT2D eigenvalue weighted by atomic mass is 32.2. The minimum absolute atomic E-state index is 0.249. The predicted molar refractivity (Wildman–Crippen MR) is 58.3 cm³/mol. The number of hydrogen-bond donors (Lipinski definition) is 1. The van der Waals surface area contributed by atoms with Gasteiger partial charge in [-0.1, -0.05) is 5.16 Å². The smallest absolute Gasteiger partial charge is 0.223 e. The second kappa shape index (κ2) is 4.79. The van der Waals surface area contributed by atoms with Crippen molar-refractivity contribution in [1.29, 1.82) is 0 Å². The lowest BCUT2D eigenvalue weighted by molar-refractivity contribution is 0.385. The average molecular weight is 215 g/mol. The first-order chi connectivity index (χ1) is 6.53. The van der Waals surface area contributed by atoms with Crippen LogP contribution in [-0.2, 0) is 6.54 Å². The van der Waals surface area contributed by atoms with E-state index in [2.05, 4.69) is 35.6 Å². The summed E-state index contributed by atoms with van der Waals surface area (Å²) in [5.74, 6) is 1.34. The number of nitrogens with zero attached hydrogens (tertiary/aromatic N) is 2. The Bertz CT molecular complexity index is 285. The number of rotatable bonds is 5. The molecule has 4 nitrogen and oxygen atoms in total. The van der Waals surface area contributed by atoms with Crippen LogP contribution < -0.4 is 5.32 Å². The molecule has 0 radical (unpaired) electrons. The summed E-state index contributed by atoms with van der Waals surface area (Å²) >= 11 is 1.84. The molecular formula is C9H17N3OS. The SMILES string of the molecule is CSC(C)(C)CNCc1noc(C)n1. The number of aryl methyl sites for hydroxylation is 1. The second-order valence-electron chi connectivity index (χ2n) is 3.80. The van der Waals surface area contributed by atoms with E-state index in [9.17, 15) is 0 Å². The molecular weight excluding hydrogens is 198 g/mol. The average Bonchev–Trinajstić information content (AvgIpc) is 2.51. The Morgan fingerprint density at radius 1 is 1.50 bits per heavy atom. The van der Waals surface area contributed by atoms with E-state index in [1.54, 1.807) is 6.92 Å². The van der Waals surface area contributed by atoms with Crippen LogP contribution in [0.4, 0.5) is 0 Å². The Labute approximate surface area is 88.8 Å². The largest absolute Gasteiger partial charge is 0.340 e. The van der Waals surface area contributed by atoms with Crippen LogP contribution in [0, 0.1) is 6.92 Å². The summed E-state index contributed by atoms with van der Waals surface area (Å²) in [5.41, 5.74) is 0. The summed E-state index contributed by atoms with van der Waals surface area (Å²) in [6.07, 6.45) is 2.11. The Morgan fingerprint density at radius 3 is 2.71 bits per heavy atom. The van der Waals surface area contributed by atoms with E-state index in [-0.39, 0.29) is 4.75 Å². The van der Waals surface area contributed by atoms with Gasteiger partial charge in [0.2, 0.25) is 5.89 Å². The number of thioether (sulfide) groups is 1. The van der Waals surface area contributed by atoms with Gasteiger partial charge in [0.1, 0.15) is 0 Å². The van der Waals surface area contributed by atoms with Gasteiger partial charge >= 0.3 is 0 Å². The molecule has 0 aliphatic carbocycles. The fourth-order valence-corrected chi connectivity index (χ4v) is 1.21. The van der Waals surface area contributed by atoms with Crippen LogP contribution in [0.2, 0.25) is 0 Å². The zero-order valence-corrected chi connectivity index (χ0v) is 9.94. The maximum atomic E-state index is 4.87. The second-order valence-corrected chi connectivity index (χ2v) is 5.31. The van der Waals surface area contributed by atoms with Gasteiger partial charge in [-0.05, 0) is 20.1 Å². The molecule has 0 fully saturated rings. The molecule has 0 aromatic carbocycles. The van der Waals surface area contributed by atoms with Gasteiger partial charge in [-0.3, -0.25) is 0 Å². The first kappa shape index (κ1) is 11.5. The van der Waals surface area contributed by atoms with Crippen molar-refractivity contribution in [3.8, 4) is 0 Å². The zero-order valence-electron chi connectivity index (χ0n) is 9.13. The topological polar surface area (TPSA) is 51.0 Å². The van der Waals surface area contributed by atoms with Gasteiger partial charge in [0.15, 0.2) is 5.82 Å². The highest BCUT2D eigenvalue weighted by molar-refractivity contribution is 7.99. The van der Waals surface area contributed by atoms with E-state index >= 15 is 0 Å². The molecule has 0 aliphatic heterocycles. The lowest BCUT2D eigenvalue weighted by Gasteiger charge is -2.21. The molecule has 80 valence electrons. The molecule has 0 unspecified atom stereocenters. The molecule has 0 bridgehead atoms. The fraction of sp³-hybridized carbons (Fsp3) is 0.778. The van der Waals surface area contributed by atoms with Gasteiger partial charge in [0, 0.05) is 18.2 Å². The minimum Gasteiger partial charge on any atom is -0.340 e. The summed E-state index contributed by atoms with van der Waals surface area (Å²) in [7, 11) is 0. The third-order valence-electron chi connectivity index (χ3n) is 1.96. The van der Waals surface area contributed by atoms with E-state index < -0.39 is 0 Å². The van der Waals surface area contributed by atoms with E-state index in [1.807, 2.05) is 11.8 Å². The summed E-state index contributed by atoms with van der Waals surface area (Å²) in [6, 6.07) is 0. The summed E-state index contributed by atoms with van der Waals surface area (Å²) < 4.78 is 5.12. The van der Waals surface area contributed by atoms with Crippen LogP contribution >= 0.6 is 11.8 Å². The molecule has 5 heteroatoms. The first-order valence-corrected chi connectivity index (χ1v) is 5.81. The van der Waals surface area contributed by atoms with Crippen LogP contribution in [0.1, 0.15) is 25.6 Å². The van der Waals surface area contributed by atoms with Gasteiger partial charge in [-0.2, -0.15) is 16.7 Å². The molecule has 0 saturated carbocycles. The fourth-order valence-electron chi connectivity index (χ4n) is 0.961. The molecule has 1 aromatic rings. The first-order valence-electron chi connectivity index (χ1n) is 4.58. The van der Waals surface area contributed by atoms with E-state index in [0.29, 0.717) is 12.4 Å². The molecule has 14 heavy (non-hydrogen) atoms.